The van der Waals surface area contributed by atoms with Gasteiger partial charge in [-0.3, -0.25) is 19.7 Å². The molecule has 2 fully saturated rings. The topological polar surface area (TPSA) is 94.6 Å². The van der Waals surface area contributed by atoms with E-state index in [9.17, 15) is 27.6 Å². The molecule has 3 aromatic rings. The van der Waals surface area contributed by atoms with Gasteiger partial charge in [0.1, 0.15) is 11.9 Å². The third-order valence-electron chi connectivity index (χ3n) is 8.59. The largest absolute Gasteiger partial charge is 0.419 e. The SMILES string of the molecule is O=C1CC[C@H](N2Cc3cc(CNCC4CCN(c5ncc(-c6cccc(Cl)c6)cc5C(F)(F)F)CC4)ccc3C2=O)C(=O)N1. The molecule has 0 aliphatic carbocycles. The molecule has 1 aromatic heterocycles. The molecule has 8 nitrogen and oxygen atoms in total. The zero-order chi connectivity index (χ0) is 31.0. The number of imide groups is 1. The Morgan fingerprint density at radius 1 is 1.00 bits per heavy atom. The molecule has 0 unspecified atom stereocenters. The normalized spacial score (nSPS) is 19.4. The van der Waals surface area contributed by atoms with E-state index in [1.54, 1.807) is 35.2 Å². The van der Waals surface area contributed by atoms with Crippen molar-refractivity contribution in [2.45, 2.75) is 51.0 Å². The second-order valence-electron chi connectivity index (χ2n) is 11.6. The minimum atomic E-state index is -4.55. The van der Waals surface area contributed by atoms with Crippen molar-refractivity contribution >= 4 is 35.1 Å². The summed E-state index contributed by atoms with van der Waals surface area (Å²) in [6.07, 6.45) is -1.10. The highest BCUT2D eigenvalue weighted by Crippen LogP contribution is 2.39. The molecular formula is C32H31ClF3N5O3. The quantitative estimate of drug-likeness (QED) is 0.351. The predicted octanol–water partition coefficient (Wildman–Crippen LogP) is 5.19. The average Bonchev–Trinajstić information content (AvgIpc) is 3.32. The maximum atomic E-state index is 14.1. The third kappa shape index (κ3) is 6.30. The molecule has 0 saturated carbocycles. The van der Waals surface area contributed by atoms with Crippen molar-refractivity contribution in [3.8, 4) is 11.1 Å². The molecule has 0 radical (unpaired) electrons. The van der Waals surface area contributed by atoms with Gasteiger partial charge in [-0.15, -0.1) is 0 Å². The number of alkyl halides is 3. The van der Waals surface area contributed by atoms with Crippen LogP contribution in [0.3, 0.4) is 0 Å². The first kappa shape index (κ1) is 30.1. The summed E-state index contributed by atoms with van der Waals surface area (Å²) in [5, 5.41) is 6.21. The molecular weight excluding hydrogens is 595 g/mol. The minimum absolute atomic E-state index is 0.0475. The molecule has 44 heavy (non-hydrogen) atoms. The number of halogens is 4. The van der Waals surface area contributed by atoms with Crippen LogP contribution in [0.1, 0.15) is 52.7 Å². The fourth-order valence-electron chi connectivity index (χ4n) is 6.25. The lowest BCUT2D eigenvalue weighted by Crippen LogP contribution is -2.52. The minimum Gasteiger partial charge on any atom is -0.356 e. The number of nitrogens with one attached hydrogen (secondary N) is 2. The van der Waals surface area contributed by atoms with E-state index in [1.165, 1.54) is 11.1 Å². The molecule has 3 aliphatic rings. The van der Waals surface area contributed by atoms with Crippen LogP contribution in [-0.2, 0) is 28.9 Å². The number of carbonyl (C=O) groups is 3. The van der Waals surface area contributed by atoms with E-state index in [-0.39, 0.29) is 24.1 Å². The Balaban J connectivity index is 1.03. The first-order valence-corrected chi connectivity index (χ1v) is 15.0. The fraction of sp³-hybridized carbons (Fsp3) is 0.375. The van der Waals surface area contributed by atoms with Crippen molar-refractivity contribution in [2.24, 2.45) is 5.92 Å². The Morgan fingerprint density at radius 3 is 2.52 bits per heavy atom. The van der Waals surface area contributed by atoms with Gasteiger partial charge in [-0.1, -0.05) is 35.9 Å². The zero-order valence-electron chi connectivity index (χ0n) is 23.8. The monoisotopic (exact) mass is 625 g/mol. The third-order valence-corrected chi connectivity index (χ3v) is 8.83. The number of rotatable bonds is 7. The molecule has 0 bridgehead atoms. The van der Waals surface area contributed by atoms with E-state index in [0.29, 0.717) is 66.8 Å². The number of anilines is 1. The summed E-state index contributed by atoms with van der Waals surface area (Å²) in [6.45, 7) is 2.54. The molecule has 6 rings (SSSR count). The second-order valence-corrected chi connectivity index (χ2v) is 12.0. The molecule has 2 saturated heterocycles. The van der Waals surface area contributed by atoms with Crippen LogP contribution in [0.4, 0.5) is 19.0 Å². The molecule has 2 N–H and O–H groups in total. The highest BCUT2D eigenvalue weighted by Gasteiger charge is 2.39. The van der Waals surface area contributed by atoms with Gasteiger partial charge in [0.25, 0.3) is 5.91 Å². The number of aromatic nitrogens is 1. The summed E-state index contributed by atoms with van der Waals surface area (Å²) in [5.74, 6) is -0.710. The number of piperidine rings is 2. The summed E-state index contributed by atoms with van der Waals surface area (Å²) < 4.78 is 42.2. The number of fused-ring (bicyclic) bond motifs is 1. The highest BCUT2D eigenvalue weighted by molar-refractivity contribution is 6.30. The summed E-state index contributed by atoms with van der Waals surface area (Å²) >= 11 is 6.04. The number of pyridine rings is 1. The van der Waals surface area contributed by atoms with Crippen molar-refractivity contribution in [3.63, 3.8) is 0 Å². The lowest BCUT2D eigenvalue weighted by molar-refractivity contribution is -0.138. The summed E-state index contributed by atoms with van der Waals surface area (Å²) in [5.41, 5.74) is 2.60. The number of nitrogens with zero attached hydrogens (tertiary/aromatic N) is 3. The van der Waals surface area contributed by atoms with E-state index in [2.05, 4.69) is 15.6 Å². The van der Waals surface area contributed by atoms with Crippen LogP contribution < -0.4 is 15.5 Å². The number of hydrogen-bond acceptors (Lipinski definition) is 6. The van der Waals surface area contributed by atoms with E-state index in [4.69, 9.17) is 11.6 Å². The smallest absolute Gasteiger partial charge is 0.356 e. The van der Waals surface area contributed by atoms with Crippen LogP contribution in [0.5, 0.6) is 0 Å². The maximum absolute atomic E-state index is 14.1. The van der Waals surface area contributed by atoms with Gasteiger partial charge in [0.2, 0.25) is 11.8 Å². The Morgan fingerprint density at radius 2 is 1.80 bits per heavy atom. The average molecular weight is 626 g/mol. The molecule has 3 amide bonds. The van der Waals surface area contributed by atoms with Gasteiger partial charge in [-0.2, -0.15) is 13.2 Å². The molecule has 12 heteroatoms. The van der Waals surface area contributed by atoms with Gasteiger partial charge >= 0.3 is 6.18 Å². The van der Waals surface area contributed by atoms with E-state index < -0.39 is 23.7 Å². The second kappa shape index (κ2) is 12.2. The van der Waals surface area contributed by atoms with E-state index in [1.807, 2.05) is 12.1 Å². The first-order valence-electron chi connectivity index (χ1n) is 14.6. The Kier molecular flexibility index (Phi) is 8.34. The summed E-state index contributed by atoms with van der Waals surface area (Å²) in [7, 11) is 0. The number of benzene rings is 2. The van der Waals surface area contributed by atoms with Crippen LogP contribution in [0.15, 0.2) is 54.7 Å². The fourth-order valence-corrected chi connectivity index (χ4v) is 6.44. The number of carbonyl (C=O) groups excluding carboxylic acids is 3. The number of amides is 3. The molecule has 230 valence electrons. The van der Waals surface area contributed by atoms with Crippen molar-refractivity contribution in [1.82, 2.24) is 20.5 Å². The zero-order valence-corrected chi connectivity index (χ0v) is 24.5. The van der Waals surface area contributed by atoms with Crippen molar-refractivity contribution in [2.75, 3.05) is 24.5 Å². The maximum Gasteiger partial charge on any atom is 0.419 e. The molecule has 0 spiro atoms. The van der Waals surface area contributed by atoms with Gasteiger partial charge < -0.3 is 15.1 Å². The van der Waals surface area contributed by atoms with Crippen LogP contribution >= 0.6 is 11.6 Å². The summed E-state index contributed by atoms with van der Waals surface area (Å²) in [6, 6.07) is 12.8. The van der Waals surface area contributed by atoms with Crippen LogP contribution in [0.2, 0.25) is 5.02 Å². The predicted molar refractivity (Wildman–Crippen MR) is 159 cm³/mol. The van der Waals surface area contributed by atoms with Crippen molar-refractivity contribution < 1.29 is 27.6 Å². The molecule has 4 heterocycles. The summed E-state index contributed by atoms with van der Waals surface area (Å²) in [4.78, 5) is 44.2. The van der Waals surface area contributed by atoms with Gasteiger partial charge in [0.05, 0.1) is 5.56 Å². The Hall–Kier alpha value is -3.96. The molecule has 1 atom stereocenters. The van der Waals surface area contributed by atoms with E-state index in [0.717, 1.165) is 30.0 Å². The van der Waals surface area contributed by atoms with Gasteiger partial charge in [0, 0.05) is 54.9 Å². The Labute approximate surface area is 257 Å². The van der Waals surface area contributed by atoms with Gasteiger partial charge in [0.15, 0.2) is 0 Å². The van der Waals surface area contributed by atoms with Gasteiger partial charge in [-0.25, -0.2) is 4.98 Å². The van der Waals surface area contributed by atoms with Crippen molar-refractivity contribution in [1.29, 1.82) is 0 Å². The lowest BCUT2D eigenvalue weighted by Gasteiger charge is -2.34. The Bertz CT molecular complexity index is 1610. The van der Waals surface area contributed by atoms with Crippen LogP contribution in [-0.4, -0.2) is 53.3 Å². The van der Waals surface area contributed by atoms with Crippen molar-refractivity contribution in [3.05, 3.63) is 82.0 Å². The molecule has 3 aliphatic heterocycles. The van der Waals surface area contributed by atoms with E-state index >= 15 is 0 Å². The standard InChI is InChI=1S/C32H31ClF3N5O3/c33-24-3-1-2-21(13-24)22-14-26(32(34,35)36)29(38-17-22)40-10-8-19(9-11-40)15-37-16-20-4-5-25-23(12-20)18-41(31(25)44)27-6-7-28(42)39-30(27)43/h1-5,12-14,17,19,27,37H,6-11,15-16,18H2,(H,39,42,43)/t27-/m0/s1. The van der Waals surface area contributed by atoms with Crippen LogP contribution in [0.25, 0.3) is 11.1 Å². The molecule has 2 aromatic carbocycles. The highest BCUT2D eigenvalue weighted by atomic mass is 35.5. The van der Waals surface area contributed by atoms with Crippen LogP contribution in [0, 0.1) is 5.92 Å². The number of hydrogen-bond donors (Lipinski definition) is 2. The lowest BCUT2D eigenvalue weighted by atomic mass is 9.96. The van der Waals surface area contributed by atoms with Gasteiger partial charge in [-0.05, 0) is 72.7 Å². The first-order chi connectivity index (χ1) is 21.1.